The van der Waals surface area contributed by atoms with E-state index in [1.165, 1.54) is 0 Å². The van der Waals surface area contributed by atoms with Gasteiger partial charge in [-0.25, -0.2) is 15.0 Å². The molecule has 0 atom stereocenters. The van der Waals surface area contributed by atoms with Gasteiger partial charge in [0.1, 0.15) is 17.0 Å². The molecule has 0 radical (unpaired) electrons. The highest BCUT2D eigenvalue weighted by Crippen LogP contribution is 2.22. The molecule has 1 aliphatic heterocycles. The Labute approximate surface area is 235 Å². The number of nitrogens with one attached hydrogen (secondary N) is 2. The fourth-order valence-corrected chi connectivity index (χ4v) is 5.31. The van der Waals surface area contributed by atoms with Crippen molar-refractivity contribution in [3.8, 4) is 22.8 Å². The monoisotopic (exact) mass is 541 g/mol. The van der Waals surface area contributed by atoms with Crippen LogP contribution in [-0.4, -0.2) is 60.2 Å². The van der Waals surface area contributed by atoms with Crippen LogP contribution >= 0.6 is 0 Å². The summed E-state index contributed by atoms with van der Waals surface area (Å²) in [7, 11) is 0. The lowest BCUT2D eigenvalue weighted by atomic mass is 10.0. The number of imidazole rings is 2. The number of rotatable bonds is 5. The van der Waals surface area contributed by atoms with Crippen LogP contribution in [0.25, 0.3) is 39.5 Å². The first-order valence-corrected chi connectivity index (χ1v) is 13.7. The van der Waals surface area contributed by atoms with Crippen LogP contribution in [0.3, 0.4) is 0 Å². The molecule has 0 aliphatic carbocycles. The Hall–Kier alpha value is -5.31. The molecule has 202 valence electrons. The molecule has 0 spiro atoms. The van der Waals surface area contributed by atoms with Gasteiger partial charge in [0.2, 0.25) is 0 Å². The molecule has 2 N–H and O–H groups in total. The minimum atomic E-state index is -0.124. The first kappa shape index (κ1) is 24.7. The maximum atomic E-state index is 13.3. The van der Waals surface area contributed by atoms with E-state index in [1.54, 1.807) is 11.0 Å². The van der Waals surface area contributed by atoms with Crippen molar-refractivity contribution in [3.63, 3.8) is 0 Å². The van der Waals surface area contributed by atoms with Gasteiger partial charge in [0.05, 0.1) is 16.7 Å². The highest BCUT2D eigenvalue weighted by Gasteiger charge is 2.26. The largest absolute Gasteiger partial charge is 0.349 e. The maximum absolute atomic E-state index is 13.3. The zero-order chi connectivity index (χ0) is 27.8. The fourth-order valence-electron chi connectivity index (χ4n) is 5.31. The molecule has 0 bridgehead atoms. The minimum Gasteiger partial charge on any atom is -0.349 e. The van der Waals surface area contributed by atoms with Gasteiger partial charge in [-0.3, -0.25) is 9.59 Å². The molecule has 1 fully saturated rings. The Kier molecular flexibility index (Phi) is 6.24. The van der Waals surface area contributed by atoms with Crippen LogP contribution in [0.5, 0.6) is 0 Å². The highest BCUT2D eigenvalue weighted by molar-refractivity contribution is 5.96. The molecule has 9 nitrogen and oxygen atoms in total. The zero-order valence-corrected chi connectivity index (χ0v) is 22.2. The van der Waals surface area contributed by atoms with E-state index in [9.17, 15) is 9.59 Å². The third kappa shape index (κ3) is 4.93. The quantitative estimate of drug-likeness (QED) is 0.320. The summed E-state index contributed by atoms with van der Waals surface area (Å²) in [5.41, 5.74) is 5.93. The summed E-state index contributed by atoms with van der Waals surface area (Å²) >= 11 is 0. The van der Waals surface area contributed by atoms with Crippen LogP contribution in [0.15, 0.2) is 97.3 Å². The van der Waals surface area contributed by atoms with Crippen molar-refractivity contribution >= 4 is 28.5 Å². The number of likely N-dealkylation sites (tertiary alicyclic amines) is 1. The number of aromatic nitrogens is 5. The number of carbonyl (C=O) groups excluding carboxylic acids is 2. The van der Waals surface area contributed by atoms with Crippen LogP contribution in [0.4, 0.5) is 0 Å². The van der Waals surface area contributed by atoms with Crippen molar-refractivity contribution in [2.24, 2.45) is 0 Å². The van der Waals surface area contributed by atoms with E-state index < -0.39 is 0 Å². The lowest BCUT2D eigenvalue weighted by molar-refractivity contribution is 0.0692. The zero-order valence-electron chi connectivity index (χ0n) is 22.2. The molecule has 2 aromatic carbocycles. The second-order valence-corrected chi connectivity index (χ2v) is 10.2. The smallest absolute Gasteiger partial charge is 0.272 e. The number of H-pyrrole nitrogens is 1. The van der Waals surface area contributed by atoms with E-state index in [1.807, 2.05) is 95.7 Å². The molecule has 5 heterocycles. The van der Waals surface area contributed by atoms with Gasteiger partial charge >= 0.3 is 0 Å². The lowest BCUT2D eigenvalue weighted by Gasteiger charge is -2.32. The Morgan fingerprint density at radius 2 is 1.66 bits per heavy atom. The lowest BCUT2D eigenvalue weighted by Crippen LogP contribution is -2.46. The van der Waals surface area contributed by atoms with Gasteiger partial charge < -0.3 is 19.6 Å². The van der Waals surface area contributed by atoms with Crippen molar-refractivity contribution in [1.29, 1.82) is 0 Å². The molecule has 0 unspecified atom stereocenters. The topological polar surface area (TPSA) is 108 Å². The number of piperidine rings is 1. The average molecular weight is 542 g/mol. The Morgan fingerprint density at radius 3 is 2.51 bits per heavy atom. The molecule has 2 amide bonds. The predicted octanol–water partition coefficient (Wildman–Crippen LogP) is 4.97. The van der Waals surface area contributed by atoms with Crippen molar-refractivity contribution in [2.75, 3.05) is 13.1 Å². The molecule has 0 saturated carbocycles. The number of nitrogens with zero attached hydrogens (tertiary/aromatic N) is 5. The fraction of sp³-hybridized carbons (Fsp3) is 0.156. The van der Waals surface area contributed by atoms with Gasteiger partial charge in [0, 0.05) is 42.7 Å². The summed E-state index contributed by atoms with van der Waals surface area (Å²) in [6, 6.07) is 26.6. The van der Waals surface area contributed by atoms with Crippen LogP contribution in [0, 0.1) is 0 Å². The molecule has 9 heteroatoms. The first-order valence-electron chi connectivity index (χ1n) is 13.7. The van der Waals surface area contributed by atoms with Crippen LogP contribution in [0.1, 0.15) is 33.7 Å². The number of fused-ring (bicyclic) bond motifs is 2. The summed E-state index contributed by atoms with van der Waals surface area (Å²) in [4.78, 5) is 45.3. The number of benzene rings is 2. The van der Waals surface area contributed by atoms with Crippen LogP contribution in [0.2, 0.25) is 0 Å². The molecule has 7 rings (SSSR count). The van der Waals surface area contributed by atoms with E-state index in [0.717, 1.165) is 27.9 Å². The molecule has 6 aromatic rings. The molecule has 1 saturated heterocycles. The second-order valence-electron chi connectivity index (χ2n) is 10.2. The number of hydrogen-bond donors (Lipinski definition) is 2. The van der Waals surface area contributed by atoms with Gasteiger partial charge in [0.25, 0.3) is 11.8 Å². The number of aromatic amines is 1. The summed E-state index contributed by atoms with van der Waals surface area (Å²) < 4.78 is 1.96. The van der Waals surface area contributed by atoms with Crippen LogP contribution in [-0.2, 0) is 0 Å². The van der Waals surface area contributed by atoms with E-state index >= 15 is 0 Å². The van der Waals surface area contributed by atoms with E-state index in [2.05, 4.69) is 25.3 Å². The Morgan fingerprint density at radius 1 is 0.829 bits per heavy atom. The summed E-state index contributed by atoms with van der Waals surface area (Å²) in [5, 5.41) is 3.15. The third-order valence-corrected chi connectivity index (χ3v) is 7.50. The van der Waals surface area contributed by atoms with Crippen molar-refractivity contribution < 1.29 is 9.59 Å². The van der Waals surface area contributed by atoms with Crippen LogP contribution < -0.4 is 5.32 Å². The highest BCUT2D eigenvalue weighted by atomic mass is 16.2. The maximum Gasteiger partial charge on any atom is 0.272 e. The third-order valence-electron chi connectivity index (χ3n) is 7.50. The van der Waals surface area contributed by atoms with E-state index in [-0.39, 0.29) is 17.9 Å². The van der Waals surface area contributed by atoms with Gasteiger partial charge in [-0.1, -0.05) is 36.4 Å². The molecular weight excluding hydrogens is 514 g/mol. The standard InChI is InChI=1S/C32H27N7O2/c40-31(22-8-5-7-21(19-22)28-20-39-16-4-3-13-29(39)35-28)33-23-14-17-38(18-15-23)32(41)27-12-6-11-26(34-27)30-36-24-9-1-2-10-25(24)37-30/h1-13,16,19-20,23H,14-15,17-18H2,(H,33,40)(H,36,37). The second kappa shape index (κ2) is 10.3. The predicted molar refractivity (Wildman–Crippen MR) is 156 cm³/mol. The van der Waals surface area contributed by atoms with E-state index in [4.69, 9.17) is 0 Å². The molecular formula is C32H27N7O2. The number of carbonyl (C=O) groups is 2. The summed E-state index contributed by atoms with van der Waals surface area (Å²) in [5.74, 6) is 0.390. The van der Waals surface area contributed by atoms with Crippen molar-refractivity contribution in [1.82, 2.24) is 34.6 Å². The average Bonchev–Trinajstić information content (AvgIpc) is 3.66. The van der Waals surface area contributed by atoms with Crippen molar-refractivity contribution in [3.05, 3.63) is 109 Å². The van der Waals surface area contributed by atoms with Gasteiger partial charge in [-0.2, -0.15) is 0 Å². The number of amides is 2. The minimum absolute atomic E-state index is 0.0137. The Bertz CT molecular complexity index is 1830. The molecule has 1 aliphatic rings. The van der Waals surface area contributed by atoms with Gasteiger partial charge in [-0.05, 0) is 61.4 Å². The SMILES string of the molecule is O=C(NC1CCN(C(=O)c2cccc(-c3nc4ccccc4[nH]3)n2)CC1)c1cccc(-c2cn3ccccc3n2)c1. The number of para-hydroxylation sites is 2. The van der Waals surface area contributed by atoms with Crippen molar-refractivity contribution in [2.45, 2.75) is 18.9 Å². The normalized spacial score (nSPS) is 14.0. The Balaban J connectivity index is 0.987. The summed E-state index contributed by atoms with van der Waals surface area (Å²) in [6.07, 6.45) is 5.26. The molecule has 41 heavy (non-hydrogen) atoms. The number of pyridine rings is 2. The van der Waals surface area contributed by atoms with Gasteiger partial charge in [-0.15, -0.1) is 0 Å². The number of hydrogen-bond acceptors (Lipinski definition) is 5. The first-order chi connectivity index (χ1) is 20.1. The summed E-state index contributed by atoms with van der Waals surface area (Å²) in [6.45, 7) is 1.09. The van der Waals surface area contributed by atoms with Gasteiger partial charge in [0.15, 0.2) is 5.82 Å². The van der Waals surface area contributed by atoms with E-state index in [0.29, 0.717) is 48.7 Å². The molecule has 4 aromatic heterocycles.